The quantitative estimate of drug-likeness (QED) is 0.831. The first-order valence-electron chi connectivity index (χ1n) is 9.07. The molecule has 2 N–H and O–H groups in total. The van der Waals surface area contributed by atoms with Crippen molar-refractivity contribution in [1.29, 1.82) is 0 Å². The Morgan fingerprint density at radius 2 is 1.86 bits per heavy atom. The van der Waals surface area contributed by atoms with Gasteiger partial charge in [0.1, 0.15) is 0 Å². The summed E-state index contributed by atoms with van der Waals surface area (Å²) in [6, 6.07) is 2.45. The van der Waals surface area contributed by atoms with Gasteiger partial charge in [0, 0.05) is 37.1 Å². The molecule has 4 heterocycles. The van der Waals surface area contributed by atoms with E-state index in [1.165, 1.54) is 58.0 Å². The summed E-state index contributed by atoms with van der Waals surface area (Å²) >= 11 is 0. The molecule has 4 aliphatic heterocycles. The lowest BCUT2D eigenvalue weighted by molar-refractivity contribution is -0.123. The van der Waals surface area contributed by atoms with Gasteiger partial charge in [0.2, 0.25) is 5.91 Å². The average molecular weight is 291 g/mol. The van der Waals surface area contributed by atoms with E-state index in [1.807, 2.05) is 0 Å². The second kappa shape index (κ2) is 5.88. The Bertz CT molecular complexity index is 387. The van der Waals surface area contributed by atoms with Crippen LogP contribution in [0.25, 0.3) is 0 Å². The molecule has 2 bridgehead atoms. The highest BCUT2D eigenvalue weighted by molar-refractivity contribution is 5.76. The summed E-state index contributed by atoms with van der Waals surface area (Å²) < 4.78 is 0. The van der Waals surface area contributed by atoms with Gasteiger partial charge in [-0.2, -0.15) is 0 Å². The Balaban J connectivity index is 1.28. The Kier molecular flexibility index (Phi) is 3.92. The van der Waals surface area contributed by atoms with Gasteiger partial charge in [0.05, 0.1) is 0 Å². The number of rotatable bonds is 3. The van der Waals surface area contributed by atoms with Gasteiger partial charge in [0.25, 0.3) is 0 Å². The van der Waals surface area contributed by atoms with Crippen LogP contribution in [-0.2, 0) is 4.79 Å². The second-order valence-corrected chi connectivity index (χ2v) is 7.74. The number of carbonyl (C=O) groups is 1. The van der Waals surface area contributed by atoms with Gasteiger partial charge in [-0.05, 0) is 57.4 Å². The lowest BCUT2D eigenvalue weighted by Gasteiger charge is -2.33. The van der Waals surface area contributed by atoms with E-state index in [9.17, 15) is 4.79 Å². The third-order valence-electron chi connectivity index (χ3n) is 6.25. The van der Waals surface area contributed by atoms with Crippen molar-refractivity contribution in [2.24, 2.45) is 5.92 Å². The van der Waals surface area contributed by atoms with Gasteiger partial charge >= 0.3 is 0 Å². The number of nitrogens with one attached hydrogen (secondary N) is 2. The molecule has 4 rings (SSSR count). The molecular weight excluding hydrogens is 262 g/mol. The minimum Gasteiger partial charge on any atom is -0.352 e. The summed E-state index contributed by atoms with van der Waals surface area (Å²) in [7, 11) is 0. The van der Waals surface area contributed by atoms with E-state index in [1.54, 1.807) is 0 Å². The molecular formula is C17H29N3O. The van der Waals surface area contributed by atoms with E-state index in [4.69, 9.17) is 0 Å². The van der Waals surface area contributed by atoms with E-state index in [0.29, 0.717) is 36.0 Å². The molecule has 0 saturated carbocycles. The predicted molar refractivity (Wildman–Crippen MR) is 83.0 cm³/mol. The first kappa shape index (κ1) is 14.0. The maximum atomic E-state index is 12.4. The monoisotopic (exact) mass is 291 g/mol. The Hall–Kier alpha value is -0.610. The lowest BCUT2D eigenvalue weighted by atomic mass is 9.89. The van der Waals surface area contributed by atoms with Crippen LogP contribution >= 0.6 is 0 Å². The molecule has 4 saturated heterocycles. The minimum absolute atomic E-state index is 0.318. The number of hydrogen-bond donors (Lipinski definition) is 2. The summed E-state index contributed by atoms with van der Waals surface area (Å²) in [6.45, 7) is 2.43. The van der Waals surface area contributed by atoms with Crippen molar-refractivity contribution in [2.45, 2.75) is 82.0 Å². The van der Waals surface area contributed by atoms with E-state index >= 15 is 0 Å². The van der Waals surface area contributed by atoms with Gasteiger partial charge in [-0.3, -0.25) is 9.69 Å². The fourth-order valence-electron chi connectivity index (χ4n) is 5.29. The summed E-state index contributed by atoms with van der Waals surface area (Å²) in [6.07, 6.45) is 11.0. The van der Waals surface area contributed by atoms with Crippen LogP contribution < -0.4 is 10.6 Å². The number of amides is 1. The maximum Gasteiger partial charge on any atom is 0.220 e. The van der Waals surface area contributed by atoms with Crippen LogP contribution in [0.4, 0.5) is 0 Å². The van der Waals surface area contributed by atoms with Crippen LogP contribution in [0, 0.1) is 5.92 Å². The first-order valence-corrected chi connectivity index (χ1v) is 9.07. The fourth-order valence-corrected chi connectivity index (χ4v) is 5.29. The zero-order valence-electron chi connectivity index (χ0n) is 13.0. The Labute approximate surface area is 128 Å². The van der Waals surface area contributed by atoms with Gasteiger partial charge in [-0.25, -0.2) is 0 Å². The molecule has 0 aromatic carbocycles. The smallest absolute Gasteiger partial charge is 0.220 e. The summed E-state index contributed by atoms with van der Waals surface area (Å²) in [5, 5.41) is 7.04. The van der Waals surface area contributed by atoms with Crippen molar-refractivity contribution in [3.63, 3.8) is 0 Å². The normalized spacial score (nSPS) is 42.8. The molecule has 4 atom stereocenters. The second-order valence-electron chi connectivity index (χ2n) is 7.74. The summed E-state index contributed by atoms with van der Waals surface area (Å²) in [4.78, 5) is 15.0. The highest BCUT2D eigenvalue weighted by Crippen LogP contribution is 2.33. The van der Waals surface area contributed by atoms with Crippen molar-refractivity contribution in [1.82, 2.24) is 15.5 Å². The van der Waals surface area contributed by atoms with E-state index < -0.39 is 0 Å². The standard InChI is InChI=1S/C17H29N3O/c21-17(11-12-9-13-4-5-14(10-12)18-13)19-15-6-8-20-7-2-1-3-16(15)20/h12-16,18H,1-11H2,(H,19,21). The molecule has 21 heavy (non-hydrogen) atoms. The Morgan fingerprint density at radius 3 is 2.67 bits per heavy atom. The molecule has 0 aliphatic carbocycles. The number of fused-ring (bicyclic) bond motifs is 3. The van der Waals surface area contributed by atoms with Crippen molar-refractivity contribution in [3.05, 3.63) is 0 Å². The van der Waals surface area contributed by atoms with Crippen LogP contribution in [0.5, 0.6) is 0 Å². The molecule has 4 unspecified atom stereocenters. The van der Waals surface area contributed by atoms with Crippen LogP contribution in [0.1, 0.15) is 57.8 Å². The largest absolute Gasteiger partial charge is 0.352 e. The van der Waals surface area contributed by atoms with E-state index in [0.717, 1.165) is 12.8 Å². The van der Waals surface area contributed by atoms with Crippen molar-refractivity contribution in [2.75, 3.05) is 13.1 Å². The zero-order chi connectivity index (χ0) is 14.2. The Morgan fingerprint density at radius 1 is 1.05 bits per heavy atom. The van der Waals surface area contributed by atoms with Crippen molar-refractivity contribution in [3.8, 4) is 0 Å². The highest BCUT2D eigenvalue weighted by atomic mass is 16.1. The number of carbonyl (C=O) groups excluding carboxylic acids is 1. The van der Waals surface area contributed by atoms with Crippen molar-refractivity contribution >= 4 is 5.91 Å². The molecule has 0 aromatic rings. The third kappa shape index (κ3) is 2.98. The summed E-state index contributed by atoms with van der Waals surface area (Å²) in [5.74, 6) is 0.936. The average Bonchev–Trinajstić information content (AvgIpc) is 3.03. The van der Waals surface area contributed by atoms with Crippen molar-refractivity contribution < 1.29 is 4.79 Å². The molecule has 118 valence electrons. The molecule has 4 heteroatoms. The van der Waals surface area contributed by atoms with Crippen LogP contribution in [0.3, 0.4) is 0 Å². The molecule has 4 fully saturated rings. The summed E-state index contributed by atoms with van der Waals surface area (Å²) in [5.41, 5.74) is 0. The van der Waals surface area contributed by atoms with E-state index in [-0.39, 0.29) is 0 Å². The van der Waals surface area contributed by atoms with E-state index in [2.05, 4.69) is 15.5 Å². The topological polar surface area (TPSA) is 44.4 Å². The molecule has 4 aliphatic rings. The third-order valence-corrected chi connectivity index (χ3v) is 6.25. The van der Waals surface area contributed by atoms with Gasteiger partial charge < -0.3 is 10.6 Å². The highest BCUT2D eigenvalue weighted by Gasteiger charge is 2.37. The molecule has 1 amide bonds. The maximum absolute atomic E-state index is 12.4. The van der Waals surface area contributed by atoms with Gasteiger partial charge in [-0.1, -0.05) is 6.42 Å². The van der Waals surface area contributed by atoms with Crippen LogP contribution in [0.2, 0.25) is 0 Å². The number of piperidine rings is 2. The van der Waals surface area contributed by atoms with Gasteiger partial charge in [-0.15, -0.1) is 0 Å². The fraction of sp³-hybridized carbons (Fsp3) is 0.941. The zero-order valence-corrected chi connectivity index (χ0v) is 13.0. The number of hydrogen-bond acceptors (Lipinski definition) is 3. The molecule has 0 spiro atoms. The molecule has 4 nitrogen and oxygen atoms in total. The predicted octanol–water partition coefficient (Wildman–Crippen LogP) is 1.65. The number of nitrogens with zero attached hydrogens (tertiary/aromatic N) is 1. The van der Waals surface area contributed by atoms with Crippen LogP contribution in [-0.4, -0.2) is 48.1 Å². The lowest BCUT2D eigenvalue weighted by Crippen LogP contribution is -2.47. The van der Waals surface area contributed by atoms with Gasteiger partial charge in [0.15, 0.2) is 0 Å². The van der Waals surface area contributed by atoms with Crippen LogP contribution in [0.15, 0.2) is 0 Å². The molecule has 0 radical (unpaired) electrons. The first-order chi connectivity index (χ1) is 10.3. The SMILES string of the molecule is O=C(CC1CC2CCC(C1)N2)NC1CCN2CCCCC12. The minimum atomic E-state index is 0.318. The molecule has 0 aromatic heterocycles.